The quantitative estimate of drug-likeness (QED) is 0.557. The fourth-order valence-corrected chi connectivity index (χ4v) is 1.99. The molecule has 0 aliphatic carbocycles. The Labute approximate surface area is 120 Å². The highest BCUT2D eigenvalue weighted by atomic mass is 16.5. The normalized spacial score (nSPS) is 11.2. The lowest BCUT2D eigenvalue weighted by Gasteiger charge is -2.07. The van der Waals surface area contributed by atoms with E-state index in [1.54, 1.807) is 0 Å². The van der Waals surface area contributed by atoms with Crippen LogP contribution in [0.25, 0.3) is 11.2 Å². The Balaban J connectivity index is 2.49. The number of fused-ring (bicyclic) bond motifs is 1. The second kappa shape index (κ2) is 6.55. The Kier molecular flexibility index (Phi) is 4.76. The molecule has 0 saturated carbocycles. The van der Waals surface area contributed by atoms with Gasteiger partial charge in [0.25, 0.3) is 5.56 Å². The molecule has 21 heavy (non-hydrogen) atoms. The van der Waals surface area contributed by atoms with Crippen molar-refractivity contribution < 1.29 is 9.84 Å². The van der Waals surface area contributed by atoms with E-state index in [9.17, 15) is 9.59 Å². The Morgan fingerprint density at radius 2 is 2.19 bits per heavy atom. The van der Waals surface area contributed by atoms with Crippen molar-refractivity contribution in [2.24, 2.45) is 7.05 Å². The molecular weight excluding hydrogens is 278 g/mol. The predicted molar refractivity (Wildman–Crippen MR) is 77.7 cm³/mol. The lowest BCUT2D eigenvalue weighted by Crippen LogP contribution is -2.38. The summed E-state index contributed by atoms with van der Waals surface area (Å²) in [4.78, 5) is 31.4. The average molecular weight is 297 g/mol. The van der Waals surface area contributed by atoms with Crippen LogP contribution in [0, 0.1) is 0 Å². The third-order valence-corrected chi connectivity index (χ3v) is 3.12. The first-order valence-electron chi connectivity index (χ1n) is 6.63. The number of aromatic nitrogens is 4. The summed E-state index contributed by atoms with van der Waals surface area (Å²) >= 11 is 0. The Morgan fingerprint density at radius 1 is 1.43 bits per heavy atom. The lowest BCUT2D eigenvalue weighted by molar-refractivity contribution is 0.186. The van der Waals surface area contributed by atoms with Crippen molar-refractivity contribution in [1.82, 2.24) is 19.1 Å². The number of nitrogens with one attached hydrogen (secondary N) is 2. The highest BCUT2D eigenvalue weighted by molar-refractivity contribution is 5.72. The van der Waals surface area contributed by atoms with Crippen molar-refractivity contribution in [1.29, 1.82) is 0 Å². The van der Waals surface area contributed by atoms with Crippen LogP contribution in [0.15, 0.2) is 9.59 Å². The van der Waals surface area contributed by atoms with Gasteiger partial charge >= 0.3 is 5.69 Å². The highest BCUT2D eigenvalue weighted by Gasteiger charge is 2.15. The number of rotatable bonds is 7. The maximum atomic E-state index is 12.1. The van der Waals surface area contributed by atoms with Gasteiger partial charge in [0.2, 0.25) is 5.95 Å². The van der Waals surface area contributed by atoms with E-state index in [2.05, 4.69) is 15.3 Å². The number of aromatic amines is 1. The van der Waals surface area contributed by atoms with Crippen molar-refractivity contribution in [3.05, 3.63) is 20.8 Å². The second-order valence-electron chi connectivity index (χ2n) is 4.58. The maximum Gasteiger partial charge on any atom is 0.332 e. The van der Waals surface area contributed by atoms with Crippen LogP contribution < -0.4 is 16.6 Å². The number of aliphatic hydroxyl groups excluding tert-OH is 1. The van der Waals surface area contributed by atoms with Gasteiger partial charge in [-0.3, -0.25) is 13.9 Å². The molecular formula is C12H19N5O4. The van der Waals surface area contributed by atoms with Gasteiger partial charge < -0.3 is 20.1 Å². The van der Waals surface area contributed by atoms with Crippen LogP contribution in [0.1, 0.15) is 6.42 Å². The van der Waals surface area contributed by atoms with Gasteiger partial charge in [0, 0.05) is 27.3 Å². The molecule has 0 aromatic carbocycles. The first-order chi connectivity index (χ1) is 10.1. The van der Waals surface area contributed by atoms with E-state index >= 15 is 0 Å². The second-order valence-corrected chi connectivity index (χ2v) is 4.58. The number of hydrogen-bond donors (Lipinski definition) is 3. The van der Waals surface area contributed by atoms with Crippen LogP contribution in [-0.4, -0.2) is 51.1 Å². The molecule has 0 fully saturated rings. The Hall–Kier alpha value is -2.13. The molecule has 2 aromatic rings. The molecule has 0 amide bonds. The summed E-state index contributed by atoms with van der Waals surface area (Å²) in [5, 5.41) is 11.7. The summed E-state index contributed by atoms with van der Waals surface area (Å²) in [6, 6.07) is 0. The molecule has 0 unspecified atom stereocenters. The number of imidazole rings is 1. The van der Waals surface area contributed by atoms with Gasteiger partial charge in [-0.05, 0) is 6.42 Å². The van der Waals surface area contributed by atoms with E-state index in [1.165, 1.54) is 18.7 Å². The van der Waals surface area contributed by atoms with E-state index in [1.807, 2.05) is 0 Å². The van der Waals surface area contributed by atoms with Crippen LogP contribution in [0.5, 0.6) is 0 Å². The molecule has 2 heterocycles. The molecule has 9 nitrogen and oxygen atoms in total. The molecule has 116 valence electrons. The number of anilines is 1. The molecule has 0 aliphatic rings. The molecule has 9 heteroatoms. The average Bonchev–Trinajstić information content (AvgIpc) is 2.89. The minimum absolute atomic E-state index is 0.0630. The third kappa shape index (κ3) is 2.98. The van der Waals surface area contributed by atoms with E-state index in [4.69, 9.17) is 9.84 Å². The van der Waals surface area contributed by atoms with E-state index in [-0.39, 0.29) is 12.1 Å². The monoisotopic (exact) mass is 297 g/mol. The van der Waals surface area contributed by atoms with Crippen LogP contribution >= 0.6 is 0 Å². The molecule has 0 atom stereocenters. The molecule has 2 aromatic heterocycles. The van der Waals surface area contributed by atoms with Gasteiger partial charge in [0.15, 0.2) is 11.2 Å². The SMILES string of the molecule is COCCn1c(=O)n(C)c(=O)c2[nH]c(NCCCO)nc21. The first kappa shape index (κ1) is 15.3. The topological polar surface area (TPSA) is 114 Å². The standard InChI is InChI=1S/C12H19N5O4/c1-16-10(19)8-9(17(12(16)20)5-7-21-2)15-11(14-8)13-4-3-6-18/h18H,3-7H2,1-2H3,(H2,13,14,15). The number of methoxy groups -OCH3 is 1. The van der Waals surface area contributed by atoms with Crippen LogP contribution in [-0.2, 0) is 18.3 Å². The van der Waals surface area contributed by atoms with E-state index in [0.717, 1.165) is 4.57 Å². The van der Waals surface area contributed by atoms with Crippen molar-refractivity contribution in [3.63, 3.8) is 0 Å². The fraction of sp³-hybridized carbons (Fsp3) is 0.583. The number of H-pyrrole nitrogens is 1. The van der Waals surface area contributed by atoms with Gasteiger partial charge in [-0.25, -0.2) is 4.79 Å². The smallest absolute Gasteiger partial charge is 0.332 e. The van der Waals surface area contributed by atoms with Gasteiger partial charge in [0.05, 0.1) is 13.2 Å². The third-order valence-electron chi connectivity index (χ3n) is 3.12. The molecule has 0 spiro atoms. The maximum absolute atomic E-state index is 12.1. The minimum atomic E-state index is -0.432. The zero-order chi connectivity index (χ0) is 15.4. The van der Waals surface area contributed by atoms with Crippen molar-refractivity contribution in [2.75, 3.05) is 32.2 Å². The van der Waals surface area contributed by atoms with E-state index in [0.29, 0.717) is 37.7 Å². The Morgan fingerprint density at radius 3 is 2.86 bits per heavy atom. The number of aliphatic hydroxyl groups is 1. The lowest BCUT2D eigenvalue weighted by atomic mass is 10.4. The largest absolute Gasteiger partial charge is 0.396 e. The van der Waals surface area contributed by atoms with Gasteiger partial charge in [-0.15, -0.1) is 0 Å². The first-order valence-corrected chi connectivity index (χ1v) is 6.63. The molecule has 2 rings (SSSR count). The molecule has 0 aliphatic heterocycles. The zero-order valence-electron chi connectivity index (χ0n) is 12.0. The fourth-order valence-electron chi connectivity index (χ4n) is 1.99. The molecule has 0 radical (unpaired) electrons. The van der Waals surface area contributed by atoms with Crippen molar-refractivity contribution in [2.45, 2.75) is 13.0 Å². The van der Waals surface area contributed by atoms with Gasteiger partial charge in [-0.1, -0.05) is 0 Å². The van der Waals surface area contributed by atoms with Crippen molar-refractivity contribution in [3.8, 4) is 0 Å². The summed E-state index contributed by atoms with van der Waals surface area (Å²) in [6.07, 6.45) is 0.561. The highest BCUT2D eigenvalue weighted by Crippen LogP contribution is 2.09. The van der Waals surface area contributed by atoms with Gasteiger partial charge in [-0.2, -0.15) is 4.98 Å². The number of nitrogens with zero attached hydrogens (tertiary/aromatic N) is 3. The van der Waals surface area contributed by atoms with E-state index < -0.39 is 11.2 Å². The molecule has 3 N–H and O–H groups in total. The van der Waals surface area contributed by atoms with Gasteiger partial charge in [0.1, 0.15) is 0 Å². The van der Waals surface area contributed by atoms with Crippen LogP contribution in [0.2, 0.25) is 0 Å². The van der Waals surface area contributed by atoms with Crippen LogP contribution in [0.3, 0.4) is 0 Å². The summed E-state index contributed by atoms with van der Waals surface area (Å²) < 4.78 is 7.41. The summed E-state index contributed by atoms with van der Waals surface area (Å²) in [7, 11) is 2.96. The minimum Gasteiger partial charge on any atom is -0.396 e. The molecule has 0 saturated heterocycles. The molecule has 0 bridgehead atoms. The summed E-state index contributed by atoms with van der Waals surface area (Å²) in [5.74, 6) is 0.396. The van der Waals surface area contributed by atoms with Crippen molar-refractivity contribution >= 4 is 17.1 Å². The number of hydrogen-bond acceptors (Lipinski definition) is 6. The summed E-state index contributed by atoms with van der Waals surface area (Å²) in [5.41, 5.74) is -0.296. The summed E-state index contributed by atoms with van der Waals surface area (Å²) in [6.45, 7) is 1.22. The Bertz CT molecular complexity index is 730. The number of ether oxygens (including phenoxy) is 1. The predicted octanol–water partition coefficient (Wildman–Crippen LogP) is -1.14. The van der Waals surface area contributed by atoms with Crippen LogP contribution in [0.4, 0.5) is 5.95 Å². The zero-order valence-corrected chi connectivity index (χ0v) is 12.0.